The Morgan fingerprint density at radius 2 is 2.10 bits per heavy atom. The molecular weight excluding hydrogens is 273 g/mol. The van der Waals surface area contributed by atoms with Crippen molar-refractivity contribution >= 4 is 5.82 Å². The summed E-state index contributed by atoms with van der Waals surface area (Å²) in [6.07, 6.45) is -2.01. The molecule has 0 unspecified atom stereocenters. The maximum absolute atomic E-state index is 13.0. The number of anilines is 1. The molecule has 0 saturated carbocycles. The Morgan fingerprint density at radius 3 is 2.65 bits per heavy atom. The van der Waals surface area contributed by atoms with Crippen LogP contribution in [0.1, 0.15) is 11.3 Å². The Hall–Kier alpha value is -2.18. The molecule has 4 nitrogen and oxygen atoms in total. The van der Waals surface area contributed by atoms with Crippen molar-refractivity contribution in [1.29, 1.82) is 0 Å². The van der Waals surface area contributed by atoms with Crippen molar-refractivity contribution in [2.75, 3.05) is 19.0 Å². The Bertz CT molecular complexity index is 565. The zero-order valence-electron chi connectivity index (χ0n) is 10.9. The number of hydrogen-bond donors (Lipinski definition) is 0. The number of ether oxygens (including phenoxy) is 1. The van der Waals surface area contributed by atoms with Crippen molar-refractivity contribution < 1.29 is 22.3 Å². The summed E-state index contributed by atoms with van der Waals surface area (Å²) in [6.45, 7) is -0.0843. The van der Waals surface area contributed by atoms with Crippen molar-refractivity contribution in [3.05, 3.63) is 42.0 Å². The number of nitrogens with zero attached hydrogens (tertiary/aromatic N) is 2. The molecule has 0 fully saturated rings. The van der Waals surface area contributed by atoms with E-state index in [0.717, 1.165) is 12.3 Å². The lowest BCUT2D eigenvalue weighted by Gasteiger charge is -2.17. The minimum Gasteiger partial charge on any atom is -0.483 e. The standard InChI is InChI=1S/C13H13F3N2O2/c1-18(2)12-6-10(13(14,15)16)11(7-17-12)20-8-9-4-3-5-19-9/h3-7H,8H2,1-2H3. The first-order chi connectivity index (χ1) is 9.38. The third-order valence-electron chi connectivity index (χ3n) is 2.57. The molecule has 0 atom stereocenters. The van der Waals surface area contributed by atoms with E-state index in [-0.39, 0.29) is 18.2 Å². The average molecular weight is 286 g/mol. The second-order valence-electron chi connectivity index (χ2n) is 4.30. The smallest absolute Gasteiger partial charge is 0.420 e. The van der Waals surface area contributed by atoms with Crippen molar-refractivity contribution in [1.82, 2.24) is 4.98 Å². The predicted octanol–water partition coefficient (Wildman–Crippen LogP) is 3.34. The fourth-order valence-corrected chi connectivity index (χ4v) is 1.56. The van der Waals surface area contributed by atoms with Gasteiger partial charge < -0.3 is 14.1 Å². The van der Waals surface area contributed by atoms with Crippen LogP contribution < -0.4 is 9.64 Å². The maximum Gasteiger partial charge on any atom is 0.420 e. The summed E-state index contributed by atoms with van der Waals surface area (Å²) in [5, 5.41) is 0. The van der Waals surface area contributed by atoms with Gasteiger partial charge in [-0.15, -0.1) is 0 Å². The van der Waals surface area contributed by atoms with Crippen LogP contribution in [0.3, 0.4) is 0 Å². The highest BCUT2D eigenvalue weighted by molar-refractivity contribution is 5.46. The monoisotopic (exact) mass is 286 g/mol. The van der Waals surface area contributed by atoms with Crippen LogP contribution in [0.25, 0.3) is 0 Å². The molecule has 0 amide bonds. The Labute approximate surface area is 113 Å². The van der Waals surface area contributed by atoms with Gasteiger partial charge in [-0.25, -0.2) is 4.98 Å². The van der Waals surface area contributed by atoms with Crippen molar-refractivity contribution in [3.8, 4) is 5.75 Å². The van der Waals surface area contributed by atoms with Crippen LogP contribution in [0.5, 0.6) is 5.75 Å². The molecule has 0 aliphatic heterocycles. The van der Waals surface area contributed by atoms with E-state index in [1.165, 1.54) is 11.2 Å². The lowest BCUT2D eigenvalue weighted by atomic mass is 10.2. The molecule has 2 aromatic heterocycles. The highest BCUT2D eigenvalue weighted by atomic mass is 19.4. The SMILES string of the molecule is CN(C)c1cc(C(F)(F)F)c(OCc2ccco2)cn1. The Kier molecular flexibility index (Phi) is 3.87. The van der Waals surface area contributed by atoms with Gasteiger partial charge in [0.2, 0.25) is 0 Å². The van der Waals surface area contributed by atoms with Crippen LogP contribution >= 0.6 is 0 Å². The van der Waals surface area contributed by atoms with E-state index in [1.807, 2.05) is 0 Å². The van der Waals surface area contributed by atoms with Gasteiger partial charge in [0.05, 0.1) is 12.5 Å². The topological polar surface area (TPSA) is 38.5 Å². The molecule has 108 valence electrons. The van der Waals surface area contributed by atoms with Crippen LogP contribution in [0.15, 0.2) is 35.1 Å². The summed E-state index contributed by atoms with van der Waals surface area (Å²) in [7, 11) is 3.23. The predicted molar refractivity (Wildman–Crippen MR) is 66.6 cm³/mol. The minimum absolute atomic E-state index is 0.0843. The summed E-state index contributed by atoms with van der Waals surface area (Å²) in [4.78, 5) is 5.41. The molecule has 2 aromatic rings. The van der Waals surface area contributed by atoms with E-state index >= 15 is 0 Å². The first-order valence-corrected chi connectivity index (χ1v) is 5.77. The average Bonchev–Trinajstić information content (AvgIpc) is 2.88. The Morgan fingerprint density at radius 1 is 1.35 bits per heavy atom. The minimum atomic E-state index is -4.51. The highest BCUT2D eigenvalue weighted by Gasteiger charge is 2.35. The van der Waals surface area contributed by atoms with E-state index in [4.69, 9.17) is 9.15 Å². The highest BCUT2D eigenvalue weighted by Crippen LogP contribution is 2.37. The second kappa shape index (κ2) is 5.44. The van der Waals surface area contributed by atoms with Gasteiger partial charge in [-0.1, -0.05) is 0 Å². The van der Waals surface area contributed by atoms with Gasteiger partial charge in [0.1, 0.15) is 23.7 Å². The molecule has 0 spiro atoms. The summed E-state index contributed by atoms with van der Waals surface area (Å²) in [5.74, 6) is 0.331. The number of rotatable bonds is 4. The van der Waals surface area contributed by atoms with Gasteiger partial charge in [-0.3, -0.25) is 0 Å². The Balaban J connectivity index is 2.27. The molecule has 0 bridgehead atoms. The lowest BCUT2D eigenvalue weighted by Crippen LogP contribution is -2.15. The van der Waals surface area contributed by atoms with Crippen LogP contribution in [0, 0.1) is 0 Å². The number of aromatic nitrogens is 1. The van der Waals surface area contributed by atoms with Crippen LogP contribution in [-0.4, -0.2) is 19.1 Å². The molecule has 7 heteroatoms. The molecule has 0 saturated heterocycles. The van der Waals surface area contributed by atoms with Gasteiger partial charge in [-0.05, 0) is 18.2 Å². The fourth-order valence-electron chi connectivity index (χ4n) is 1.56. The zero-order valence-corrected chi connectivity index (χ0v) is 10.9. The van der Waals surface area contributed by atoms with E-state index < -0.39 is 11.7 Å². The third kappa shape index (κ3) is 3.23. The molecule has 2 heterocycles. The largest absolute Gasteiger partial charge is 0.483 e. The number of halogens is 3. The molecule has 2 rings (SSSR count). The van der Waals surface area contributed by atoms with E-state index in [2.05, 4.69) is 4.98 Å². The molecule has 0 aliphatic rings. The van der Waals surface area contributed by atoms with Crippen molar-refractivity contribution in [3.63, 3.8) is 0 Å². The zero-order chi connectivity index (χ0) is 14.8. The van der Waals surface area contributed by atoms with E-state index in [0.29, 0.717) is 5.76 Å². The van der Waals surface area contributed by atoms with E-state index in [9.17, 15) is 13.2 Å². The van der Waals surface area contributed by atoms with Gasteiger partial charge in [0.15, 0.2) is 5.75 Å². The van der Waals surface area contributed by atoms with Crippen molar-refractivity contribution in [2.24, 2.45) is 0 Å². The fraction of sp³-hybridized carbons (Fsp3) is 0.308. The number of furan rings is 1. The quantitative estimate of drug-likeness (QED) is 0.864. The maximum atomic E-state index is 13.0. The number of hydrogen-bond acceptors (Lipinski definition) is 4. The summed E-state index contributed by atoms with van der Waals surface area (Å²) >= 11 is 0. The van der Waals surface area contributed by atoms with Crippen LogP contribution in [0.2, 0.25) is 0 Å². The summed E-state index contributed by atoms with van der Waals surface area (Å²) < 4.78 is 49.2. The number of alkyl halides is 3. The van der Waals surface area contributed by atoms with Crippen molar-refractivity contribution in [2.45, 2.75) is 12.8 Å². The van der Waals surface area contributed by atoms with Gasteiger partial charge >= 0.3 is 6.18 Å². The van der Waals surface area contributed by atoms with Gasteiger partial charge in [-0.2, -0.15) is 13.2 Å². The third-order valence-corrected chi connectivity index (χ3v) is 2.57. The first kappa shape index (κ1) is 14.2. The summed E-state index contributed by atoms with van der Waals surface area (Å²) in [6, 6.07) is 4.21. The molecule has 0 aromatic carbocycles. The van der Waals surface area contributed by atoms with Crippen LogP contribution in [0.4, 0.5) is 19.0 Å². The first-order valence-electron chi connectivity index (χ1n) is 5.77. The second-order valence-corrected chi connectivity index (χ2v) is 4.30. The van der Waals surface area contributed by atoms with Gasteiger partial charge in [0, 0.05) is 14.1 Å². The number of pyridine rings is 1. The molecule has 0 N–H and O–H groups in total. The molecule has 0 aliphatic carbocycles. The van der Waals surface area contributed by atoms with Crippen LogP contribution in [-0.2, 0) is 12.8 Å². The molecule has 0 radical (unpaired) electrons. The normalized spacial score (nSPS) is 11.4. The molecular formula is C13H13F3N2O2. The summed E-state index contributed by atoms with van der Waals surface area (Å²) in [5.41, 5.74) is -0.859. The van der Waals surface area contributed by atoms with E-state index in [1.54, 1.807) is 26.2 Å². The lowest BCUT2D eigenvalue weighted by molar-refractivity contribution is -0.139. The molecule has 20 heavy (non-hydrogen) atoms. The van der Waals surface area contributed by atoms with Gasteiger partial charge in [0.25, 0.3) is 0 Å².